The fraction of sp³-hybridized carbons (Fsp3) is 0.182. The average molecular weight is 213 g/mol. The predicted octanol–water partition coefficient (Wildman–Crippen LogP) is 1.74. The Morgan fingerprint density at radius 3 is 2.88 bits per heavy atom. The van der Waals surface area contributed by atoms with Crippen molar-refractivity contribution in [3.63, 3.8) is 0 Å². The molecule has 0 aliphatic carbocycles. The Hall–Kier alpha value is -2.35. The van der Waals surface area contributed by atoms with Gasteiger partial charge in [0.25, 0.3) is 0 Å². The molecule has 2 rings (SSSR count). The molecule has 2 heterocycles. The second-order valence-electron chi connectivity index (χ2n) is 3.45. The van der Waals surface area contributed by atoms with Crippen molar-refractivity contribution < 1.29 is 0 Å². The summed E-state index contributed by atoms with van der Waals surface area (Å²) < 4.78 is 1.73. The SMILES string of the molecule is Cc1nn(C)cc1Nc1cccc(C#N)n1. The first-order valence-electron chi connectivity index (χ1n) is 4.83. The van der Waals surface area contributed by atoms with Crippen LogP contribution in [0.4, 0.5) is 11.5 Å². The van der Waals surface area contributed by atoms with Crippen molar-refractivity contribution in [2.45, 2.75) is 6.92 Å². The molecule has 80 valence electrons. The smallest absolute Gasteiger partial charge is 0.142 e. The van der Waals surface area contributed by atoms with Crippen molar-refractivity contribution >= 4 is 11.5 Å². The lowest BCUT2D eigenvalue weighted by Crippen LogP contribution is -1.95. The summed E-state index contributed by atoms with van der Waals surface area (Å²) in [6.45, 7) is 1.91. The minimum absolute atomic E-state index is 0.395. The van der Waals surface area contributed by atoms with Crippen molar-refractivity contribution in [3.05, 3.63) is 35.8 Å². The Morgan fingerprint density at radius 1 is 1.44 bits per heavy atom. The fourth-order valence-electron chi connectivity index (χ4n) is 1.43. The maximum absolute atomic E-state index is 8.73. The Balaban J connectivity index is 2.27. The summed E-state index contributed by atoms with van der Waals surface area (Å²) in [7, 11) is 1.86. The molecule has 0 aliphatic rings. The van der Waals surface area contributed by atoms with E-state index < -0.39 is 0 Å². The highest BCUT2D eigenvalue weighted by molar-refractivity contribution is 5.57. The second kappa shape index (κ2) is 4.03. The highest BCUT2D eigenvalue weighted by atomic mass is 15.3. The van der Waals surface area contributed by atoms with Crippen LogP contribution in [0.15, 0.2) is 24.4 Å². The first-order chi connectivity index (χ1) is 7.69. The van der Waals surface area contributed by atoms with Gasteiger partial charge in [0.1, 0.15) is 17.6 Å². The van der Waals surface area contributed by atoms with Crippen LogP contribution in [-0.2, 0) is 7.05 Å². The van der Waals surface area contributed by atoms with E-state index in [1.54, 1.807) is 16.8 Å². The summed E-state index contributed by atoms with van der Waals surface area (Å²) in [6.07, 6.45) is 1.87. The average Bonchev–Trinajstić information content (AvgIpc) is 2.58. The minimum Gasteiger partial charge on any atom is -0.337 e. The molecule has 0 aromatic carbocycles. The van der Waals surface area contributed by atoms with E-state index in [9.17, 15) is 0 Å². The number of aryl methyl sites for hydroxylation is 2. The second-order valence-corrected chi connectivity index (χ2v) is 3.45. The molecule has 0 spiro atoms. The van der Waals surface area contributed by atoms with Crippen LogP contribution in [0, 0.1) is 18.3 Å². The van der Waals surface area contributed by atoms with Gasteiger partial charge in [-0.25, -0.2) is 4.98 Å². The van der Waals surface area contributed by atoms with Crippen molar-refractivity contribution in [1.29, 1.82) is 5.26 Å². The van der Waals surface area contributed by atoms with Gasteiger partial charge in [-0.05, 0) is 19.1 Å². The van der Waals surface area contributed by atoms with Gasteiger partial charge in [0, 0.05) is 13.2 Å². The summed E-state index contributed by atoms with van der Waals surface area (Å²) in [5, 5.41) is 16.1. The lowest BCUT2D eigenvalue weighted by atomic mass is 10.3. The molecule has 2 aromatic heterocycles. The molecule has 0 atom stereocenters. The summed E-state index contributed by atoms with van der Waals surface area (Å²) in [6, 6.07) is 7.27. The molecule has 5 nitrogen and oxygen atoms in total. The van der Waals surface area contributed by atoms with E-state index in [-0.39, 0.29) is 0 Å². The van der Waals surface area contributed by atoms with Crippen LogP contribution < -0.4 is 5.32 Å². The van der Waals surface area contributed by atoms with Gasteiger partial charge >= 0.3 is 0 Å². The quantitative estimate of drug-likeness (QED) is 0.825. The van der Waals surface area contributed by atoms with Crippen LogP contribution in [0.5, 0.6) is 0 Å². The summed E-state index contributed by atoms with van der Waals surface area (Å²) in [4.78, 5) is 4.13. The Labute approximate surface area is 93.4 Å². The largest absolute Gasteiger partial charge is 0.337 e. The molecule has 16 heavy (non-hydrogen) atoms. The van der Waals surface area contributed by atoms with Gasteiger partial charge in [-0.1, -0.05) is 6.07 Å². The first kappa shape index (κ1) is 10.2. The van der Waals surface area contributed by atoms with E-state index in [0.29, 0.717) is 11.5 Å². The van der Waals surface area contributed by atoms with Crippen LogP contribution >= 0.6 is 0 Å². The molecule has 0 unspecified atom stereocenters. The molecule has 2 aromatic rings. The summed E-state index contributed by atoms with van der Waals surface area (Å²) >= 11 is 0. The third kappa shape index (κ3) is 2.01. The Bertz CT molecular complexity index is 550. The third-order valence-electron chi connectivity index (χ3n) is 2.14. The van der Waals surface area contributed by atoms with Crippen LogP contribution in [0.2, 0.25) is 0 Å². The fourth-order valence-corrected chi connectivity index (χ4v) is 1.43. The highest BCUT2D eigenvalue weighted by Crippen LogP contribution is 2.17. The molecule has 0 aliphatic heterocycles. The predicted molar refractivity (Wildman–Crippen MR) is 60.2 cm³/mol. The van der Waals surface area contributed by atoms with Crippen LogP contribution in [0.1, 0.15) is 11.4 Å². The first-order valence-corrected chi connectivity index (χ1v) is 4.83. The minimum atomic E-state index is 0.395. The number of nitrogens with one attached hydrogen (secondary N) is 1. The van der Waals surface area contributed by atoms with Gasteiger partial charge in [-0.2, -0.15) is 10.4 Å². The summed E-state index contributed by atoms with van der Waals surface area (Å²) in [5.41, 5.74) is 2.18. The molecule has 0 saturated heterocycles. The van der Waals surface area contributed by atoms with Crippen LogP contribution in [0.25, 0.3) is 0 Å². The number of hydrogen-bond donors (Lipinski definition) is 1. The van der Waals surface area contributed by atoms with Gasteiger partial charge in [0.2, 0.25) is 0 Å². The number of nitriles is 1. The van der Waals surface area contributed by atoms with E-state index >= 15 is 0 Å². The van der Waals surface area contributed by atoms with Gasteiger partial charge in [0.15, 0.2) is 0 Å². The van der Waals surface area contributed by atoms with Gasteiger partial charge < -0.3 is 5.32 Å². The topological polar surface area (TPSA) is 66.5 Å². The molecule has 5 heteroatoms. The van der Waals surface area contributed by atoms with Gasteiger partial charge in [0.05, 0.1) is 11.4 Å². The molecular formula is C11H11N5. The van der Waals surface area contributed by atoms with Crippen molar-refractivity contribution in [1.82, 2.24) is 14.8 Å². The maximum atomic E-state index is 8.73. The van der Waals surface area contributed by atoms with Crippen molar-refractivity contribution in [2.24, 2.45) is 7.05 Å². The Morgan fingerprint density at radius 2 is 2.25 bits per heavy atom. The number of aromatic nitrogens is 3. The Kier molecular flexibility index (Phi) is 2.56. The van der Waals surface area contributed by atoms with Gasteiger partial charge in [-0.15, -0.1) is 0 Å². The normalized spacial score (nSPS) is 9.81. The number of hydrogen-bond acceptors (Lipinski definition) is 4. The van der Waals surface area contributed by atoms with Crippen LogP contribution in [0.3, 0.4) is 0 Å². The monoisotopic (exact) mass is 213 g/mol. The van der Waals surface area contributed by atoms with E-state index in [2.05, 4.69) is 15.4 Å². The van der Waals surface area contributed by atoms with Crippen LogP contribution in [-0.4, -0.2) is 14.8 Å². The van der Waals surface area contributed by atoms with E-state index in [4.69, 9.17) is 5.26 Å². The van der Waals surface area contributed by atoms with E-state index in [1.807, 2.05) is 32.3 Å². The van der Waals surface area contributed by atoms with Gasteiger partial charge in [-0.3, -0.25) is 4.68 Å². The number of nitrogens with zero attached hydrogens (tertiary/aromatic N) is 4. The van der Waals surface area contributed by atoms with E-state index in [0.717, 1.165) is 11.4 Å². The third-order valence-corrected chi connectivity index (χ3v) is 2.14. The molecule has 0 saturated carbocycles. The number of anilines is 2. The standard InChI is InChI=1S/C11H11N5/c1-8-10(7-16(2)15-8)14-11-5-3-4-9(6-12)13-11/h3-5,7H,1-2H3,(H,13,14). The molecular weight excluding hydrogens is 202 g/mol. The maximum Gasteiger partial charge on any atom is 0.142 e. The molecule has 0 fully saturated rings. The molecule has 0 bridgehead atoms. The zero-order valence-electron chi connectivity index (χ0n) is 9.10. The van der Waals surface area contributed by atoms with Crippen molar-refractivity contribution in [3.8, 4) is 6.07 Å². The molecule has 0 amide bonds. The highest BCUT2D eigenvalue weighted by Gasteiger charge is 2.04. The molecule has 1 N–H and O–H groups in total. The lowest BCUT2D eigenvalue weighted by Gasteiger charge is -2.02. The zero-order valence-corrected chi connectivity index (χ0v) is 9.10. The lowest BCUT2D eigenvalue weighted by molar-refractivity contribution is 0.756. The zero-order chi connectivity index (χ0) is 11.5. The van der Waals surface area contributed by atoms with E-state index in [1.165, 1.54) is 0 Å². The molecule has 0 radical (unpaired) electrons. The summed E-state index contributed by atoms with van der Waals surface area (Å²) in [5.74, 6) is 0.648. The number of pyridine rings is 1. The van der Waals surface area contributed by atoms with Crippen molar-refractivity contribution in [2.75, 3.05) is 5.32 Å². The number of rotatable bonds is 2.